The first-order valence-corrected chi connectivity index (χ1v) is 8.93. The Hall–Kier alpha value is -2.34. The number of carbonyl (C=O) groups excluding carboxylic acids is 1. The van der Waals surface area contributed by atoms with E-state index in [-0.39, 0.29) is 11.4 Å². The average molecular weight is 376 g/mol. The van der Waals surface area contributed by atoms with E-state index in [9.17, 15) is 18.0 Å². The first kappa shape index (κ1) is 19.4. The molecule has 3 nitrogen and oxygen atoms in total. The molecular formula is C21H23F3N2O. The predicted molar refractivity (Wildman–Crippen MR) is 99.0 cm³/mol. The molecule has 0 bridgehead atoms. The smallest absolute Gasteiger partial charge is 0.339 e. The minimum Gasteiger partial charge on any atom is -0.339 e. The Balaban J connectivity index is 1.58. The van der Waals surface area contributed by atoms with Crippen molar-refractivity contribution in [3.05, 3.63) is 59.7 Å². The van der Waals surface area contributed by atoms with Gasteiger partial charge in [0.25, 0.3) is 0 Å². The van der Waals surface area contributed by atoms with Crippen molar-refractivity contribution in [1.29, 1.82) is 0 Å². The van der Waals surface area contributed by atoms with Gasteiger partial charge in [0.2, 0.25) is 5.91 Å². The molecule has 1 unspecified atom stereocenters. The molecular weight excluding hydrogens is 353 g/mol. The summed E-state index contributed by atoms with van der Waals surface area (Å²) in [5.41, 5.74) is 1.91. The Morgan fingerprint density at radius 1 is 1.04 bits per heavy atom. The highest BCUT2D eigenvalue weighted by molar-refractivity contribution is 5.79. The van der Waals surface area contributed by atoms with Crippen molar-refractivity contribution < 1.29 is 18.0 Å². The van der Waals surface area contributed by atoms with Gasteiger partial charge in [0, 0.05) is 26.6 Å². The Morgan fingerprint density at radius 3 is 2.07 bits per heavy atom. The first-order chi connectivity index (χ1) is 12.7. The molecule has 1 saturated heterocycles. The number of hydrogen-bond acceptors (Lipinski definition) is 2. The van der Waals surface area contributed by atoms with Crippen LogP contribution in [0.1, 0.15) is 30.9 Å². The van der Waals surface area contributed by atoms with Crippen molar-refractivity contribution in [1.82, 2.24) is 10.2 Å². The largest absolute Gasteiger partial charge is 0.416 e. The minimum absolute atomic E-state index is 0.156. The zero-order valence-corrected chi connectivity index (χ0v) is 15.4. The second kappa shape index (κ2) is 7.35. The van der Waals surface area contributed by atoms with E-state index in [4.69, 9.17) is 0 Å². The third kappa shape index (κ3) is 4.33. The van der Waals surface area contributed by atoms with Crippen LogP contribution in [-0.4, -0.2) is 29.9 Å². The Bertz CT molecular complexity index is 800. The number of alkyl halides is 3. The second-order valence-corrected chi connectivity index (χ2v) is 7.33. The van der Waals surface area contributed by atoms with Gasteiger partial charge in [-0.05, 0) is 42.2 Å². The van der Waals surface area contributed by atoms with Crippen LogP contribution in [0.25, 0.3) is 11.1 Å². The van der Waals surface area contributed by atoms with Crippen molar-refractivity contribution in [2.24, 2.45) is 0 Å². The SMILES string of the molecule is CN1C(=O)CCC1(C)CNCc1ccc(-c2ccc(C(F)(F)F)cc2)cc1. The molecule has 0 aromatic heterocycles. The standard InChI is InChI=1S/C21H23F3N2O/c1-20(12-11-19(27)26(20)2)14-25-13-15-3-5-16(6-4-15)17-7-9-18(10-8-17)21(22,23)24/h3-10,25H,11-14H2,1-2H3. The van der Waals surface area contributed by atoms with Crippen LogP contribution in [0.15, 0.2) is 48.5 Å². The van der Waals surface area contributed by atoms with Gasteiger partial charge in [-0.2, -0.15) is 13.2 Å². The molecule has 0 radical (unpaired) electrons. The maximum absolute atomic E-state index is 12.6. The summed E-state index contributed by atoms with van der Waals surface area (Å²) in [6.45, 7) is 3.47. The molecule has 1 atom stereocenters. The Labute approximate surface area is 157 Å². The van der Waals surface area contributed by atoms with E-state index in [0.29, 0.717) is 13.0 Å². The lowest BCUT2D eigenvalue weighted by Crippen LogP contribution is -2.47. The molecule has 27 heavy (non-hydrogen) atoms. The summed E-state index contributed by atoms with van der Waals surface area (Å²) in [4.78, 5) is 13.5. The van der Waals surface area contributed by atoms with E-state index in [1.54, 1.807) is 0 Å². The number of rotatable bonds is 5. The lowest BCUT2D eigenvalue weighted by molar-refractivity contribution is -0.137. The summed E-state index contributed by atoms with van der Waals surface area (Å²) >= 11 is 0. The van der Waals surface area contributed by atoms with Crippen LogP contribution >= 0.6 is 0 Å². The van der Waals surface area contributed by atoms with Crippen molar-refractivity contribution in [2.75, 3.05) is 13.6 Å². The molecule has 3 rings (SSSR count). The van der Waals surface area contributed by atoms with Crippen LogP contribution in [0.2, 0.25) is 0 Å². The summed E-state index contributed by atoms with van der Waals surface area (Å²) in [5.74, 6) is 0.181. The molecule has 1 heterocycles. The molecule has 1 fully saturated rings. The molecule has 1 N–H and O–H groups in total. The normalized spacial score (nSPS) is 20.3. The van der Waals surface area contributed by atoms with Crippen LogP contribution in [0, 0.1) is 0 Å². The van der Waals surface area contributed by atoms with E-state index in [2.05, 4.69) is 12.2 Å². The summed E-state index contributed by atoms with van der Waals surface area (Å²) < 4.78 is 37.9. The van der Waals surface area contributed by atoms with Crippen LogP contribution in [0.3, 0.4) is 0 Å². The molecule has 6 heteroatoms. The van der Waals surface area contributed by atoms with E-state index < -0.39 is 11.7 Å². The molecule has 1 aliphatic rings. The number of nitrogens with one attached hydrogen (secondary N) is 1. The van der Waals surface area contributed by atoms with Gasteiger partial charge in [-0.25, -0.2) is 0 Å². The topological polar surface area (TPSA) is 32.3 Å². The first-order valence-electron chi connectivity index (χ1n) is 8.93. The zero-order chi connectivity index (χ0) is 19.7. The number of nitrogens with zero attached hydrogens (tertiary/aromatic N) is 1. The molecule has 1 aliphatic heterocycles. The molecule has 144 valence electrons. The van der Waals surface area contributed by atoms with Crippen LogP contribution < -0.4 is 5.32 Å². The predicted octanol–water partition coefficient (Wildman–Crippen LogP) is 4.47. The molecule has 0 saturated carbocycles. The number of halogens is 3. The highest BCUT2D eigenvalue weighted by Crippen LogP contribution is 2.31. The van der Waals surface area contributed by atoms with Gasteiger partial charge in [0.15, 0.2) is 0 Å². The van der Waals surface area contributed by atoms with Gasteiger partial charge in [0.05, 0.1) is 11.1 Å². The summed E-state index contributed by atoms with van der Waals surface area (Å²) in [6.07, 6.45) is -2.87. The summed E-state index contributed by atoms with van der Waals surface area (Å²) in [7, 11) is 1.84. The third-order valence-corrected chi connectivity index (χ3v) is 5.40. The van der Waals surface area contributed by atoms with Crippen molar-refractivity contribution in [3.63, 3.8) is 0 Å². The van der Waals surface area contributed by atoms with Gasteiger partial charge < -0.3 is 10.2 Å². The van der Waals surface area contributed by atoms with Crippen LogP contribution in [-0.2, 0) is 17.5 Å². The number of benzene rings is 2. The maximum atomic E-state index is 12.6. The lowest BCUT2D eigenvalue weighted by atomic mass is 9.99. The van der Waals surface area contributed by atoms with Gasteiger partial charge in [0.1, 0.15) is 0 Å². The van der Waals surface area contributed by atoms with Gasteiger partial charge in [-0.3, -0.25) is 4.79 Å². The number of carbonyl (C=O) groups is 1. The fourth-order valence-electron chi connectivity index (χ4n) is 3.36. The molecule has 2 aromatic rings. The summed E-state index contributed by atoms with van der Waals surface area (Å²) in [5, 5.41) is 3.40. The second-order valence-electron chi connectivity index (χ2n) is 7.33. The van der Waals surface area contributed by atoms with Crippen molar-refractivity contribution in [2.45, 2.75) is 38.0 Å². The maximum Gasteiger partial charge on any atom is 0.416 e. The van der Waals surface area contributed by atoms with Crippen LogP contribution in [0.5, 0.6) is 0 Å². The van der Waals surface area contributed by atoms with Gasteiger partial charge >= 0.3 is 6.18 Å². The molecule has 0 spiro atoms. The number of amides is 1. The Morgan fingerprint density at radius 2 is 1.59 bits per heavy atom. The molecule has 1 amide bonds. The van der Waals surface area contributed by atoms with E-state index in [0.717, 1.165) is 41.8 Å². The fraction of sp³-hybridized carbons (Fsp3) is 0.381. The van der Waals surface area contributed by atoms with E-state index in [1.807, 2.05) is 36.2 Å². The van der Waals surface area contributed by atoms with Gasteiger partial charge in [-0.15, -0.1) is 0 Å². The fourth-order valence-corrected chi connectivity index (χ4v) is 3.36. The lowest BCUT2D eigenvalue weighted by Gasteiger charge is -2.32. The number of hydrogen-bond donors (Lipinski definition) is 1. The quantitative estimate of drug-likeness (QED) is 0.835. The van der Waals surface area contributed by atoms with Crippen LogP contribution in [0.4, 0.5) is 13.2 Å². The molecule has 2 aromatic carbocycles. The third-order valence-electron chi connectivity index (χ3n) is 5.40. The van der Waals surface area contributed by atoms with Crippen molar-refractivity contribution in [3.8, 4) is 11.1 Å². The summed E-state index contributed by atoms with van der Waals surface area (Å²) in [6, 6.07) is 12.9. The number of likely N-dealkylation sites (N-methyl/N-ethyl adjacent to an activating group) is 1. The zero-order valence-electron chi connectivity index (χ0n) is 15.4. The van der Waals surface area contributed by atoms with Gasteiger partial charge in [-0.1, -0.05) is 36.4 Å². The minimum atomic E-state index is -4.32. The van der Waals surface area contributed by atoms with Crippen molar-refractivity contribution >= 4 is 5.91 Å². The Kier molecular flexibility index (Phi) is 5.29. The monoisotopic (exact) mass is 376 g/mol. The highest BCUT2D eigenvalue weighted by atomic mass is 19.4. The average Bonchev–Trinajstić information content (AvgIpc) is 2.90. The van der Waals surface area contributed by atoms with E-state index in [1.165, 1.54) is 12.1 Å². The number of likely N-dealkylation sites (tertiary alicyclic amines) is 1. The molecule has 0 aliphatic carbocycles. The highest BCUT2D eigenvalue weighted by Gasteiger charge is 2.38. The van der Waals surface area contributed by atoms with E-state index >= 15 is 0 Å².